The lowest BCUT2D eigenvalue weighted by Crippen LogP contribution is -2.07. The largest absolute Gasteiger partial charge is 0.455 e. The highest BCUT2D eigenvalue weighted by molar-refractivity contribution is 6.18. The second kappa shape index (κ2) is 10.4. The van der Waals surface area contributed by atoms with Crippen molar-refractivity contribution < 1.29 is 4.42 Å². The molecule has 6 heteroatoms. The highest BCUT2D eigenvalue weighted by atomic mass is 16.3. The van der Waals surface area contributed by atoms with E-state index in [1.807, 2.05) is 36.4 Å². The van der Waals surface area contributed by atoms with E-state index in [1.54, 1.807) is 6.20 Å². The van der Waals surface area contributed by atoms with Crippen LogP contribution < -0.4 is 0 Å². The van der Waals surface area contributed by atoms with Crippen molar-refractivity contribution in [1.29, 1.82) is 0 Å². The molecule has 0 aliphatic rings. The maximum atomic E-state index is 6.50. The molecule has 6 nitrogen and oxygen atoms in total. The molecule has 0 saturated carbocycles. The molecule has 0 fully saturated rings. The van der Waals surface area contributed by atoms with Gasteiger partial charge < -0.3 is 4.42 Å². The van der Waals surface area contributed by atoms with E-state index in [2.05, 4.69) is 114 Å². The molecule has 0 atom stereocenters. The average molecular weight is 616 g/mol. The molecule has 10 rings (SSSR count). The zero-order valence-electron chi connectivity index (χ0n) is 25.6. The number of hydrogen-bond acceptors (Lipinski definition) is 5. The molecule has 0 aliphatic heterocycles. The van der Waals surface area contributed by atoms with Crippen molar-refractivity contribution in [2.75, 3.05) is 0 Å². The van der Waals surface area contributed by atoms with Crippen LogP contribution in [0, 0.1) is 0 Å². The van der Waals surface area contributed by atoms with Crippen molar-refractivity contribution in [3.05, 3.63) is 152 Å². The predicted octanol–water partition coefficient (Wildman–Crippen LogP) is 10.4. The lowest BCUT2D eigenvalue weighted by atomic mass is 10.0. The van der Waals surface area contributed by atoms with Gasteiger partial charge in [-0.05, 0) is 40.8 Å². The number of hydrogen-bond donors (Lipinski definition) is 0. The summed E-state index contributed by atoms with van der Waals surface area (Å²) in [4.78, 5) is 20.3. The van der Waals surface area contributed by atoms with E-state index in [0.29, 0.717) is 23.3 Å². The number of pyridine rings is 1. The van der Waals surface area contributed by atoms with Gasteiger partial charge >= 0.3 is 0 Å². The lowest BCUT2D eigenvalue weighted by Gasteiger charge is -2.11. The molecule has 0 aliphatic carbocycles. The number of fused-ring (bicyclic) bond motifs is 8. The zero-order chi connectivity index (χ0) is 31.6. The van der Waals surface area contributed by atoms with E-state index >= 15 is 0 Å². The topological polar surface area (TPSA) is 69.6 Å². The summed E-state index contributed by atoms with van der Waals surface area (Å²) in [5, 5.41) is 6.29. The number of furan rings is 1. The summed E-state index contributed by atoms with van der Waals surface area (Å²) < 4.78 is 8.62. The summed E-state index contributed by atoms with van der Waals surface area (Å²) in [6, 6.07) is 49.9. The van der Waals surface area contributed by atoms with Crippen molar-refractivity contribution >= 4 is 54.5 Å². The Labute approximate surface area is 274 Å². The molecule has 48 heavy (non-hydrogen) atoms. The van der Waals surface area contributed by atoms with Gasteiger partial charge in [0.1, 0.15) is 16.9 Å². The van der Waals surface area contributed by atoms with Crippen molar-refractivity contribution in [3.63, 3.8) is 0 Å². The molecule has 6 aromatic carbocycles. The Morgan fingerprint density at radius 2 is 1.08 bits per heavy atom. The van der Waals surface area contributed by atoms with E-state index < -0.39 is 0 Å². The van der Waals surface area contributed by atoms with Gasteiger partial charge in [0.05, 0.1) is 16.4 Å². The summed E-state index contributed by atoms with van der Waals surface area (Å²) in [6.45, 7) is 0. The number of nitrogens with zero attached hydrogens (tertiary/aromatic N) is 5. The summed E-state index contributed by atoms with van der Waals surface area (Å²) in [7, 11) is 0. The minimum absolute atomic E-state index is 0.477. The Balaban J connectivity index is 1.25. The van der Waals surface area contributed by atoms with E-state index in [4.69, 9.17) is 24.4 Å². The maximum Gasteiger partial charge on any atom is 0.238 e. The molecule has 4 heterocycles. The fourth-order valence-electron chi connectivity index (χ4n) is 6.90. The minimum atomic E-state index is 0.477. The van der Waals surface area contributed by atoms with Gasteiger partial charge in [0.2, 0.25) is 5.95 Å². The Morgan fingerprint density at radius 1 is 0.458 bits per heavy atom. The van der Waals surface area contributed by atoms with Crippen molar-refractivity contribution in [3.8, 4) is 40.0 Å². The Hall–Kier alpha value is -6.66. The molecule has 224 valence electrons. The lowest BCUT2D eigenvalue weighted by molar-refractivity contribution is 0.672. The van der Waals surface area contributed by atoms with Crippen molar-refractivity contribution in [1.82, 2.24) is 24.5 Å². The van der Waals surface area contributed by atoms with Gasteiger partial charge in [-0.25, -0.2) is 4.98 Å². The normalized spacial score (nSPS) is 11.8. The molecule has 0 bridgehead atoms. The fourth-order valence-corrected chi connectivity index (χ4v) is 6.90. The first-order valence-electron chi connectivity index (χ1n) is 15.9. The third kappa shape index (κ3) is 4.06. The van der Waals surface area contributed by atoms with Crippen LogP contribution in [0.2, 0.25) is 0 Å². The molecule has 0 amide bonds. The second-order valence-corrected chi connectivity index (χ2v) is 11.9. The monoisotopic (exact) mass is 615 g/mol. The van der Waals surface area contributed by atoms with Gasteiger partial charge in [-0.2, -0.15) is 9.97 Å². The average Bonchev–Trinajstić information content (AvgIpc) is 3.72. The Bertz CT molecular complexity index is 2780. The van der Waals surface area contributed by atoms with E-state index in [1.165, 1.54) is 0 Å². The highest BCUT2D eigenvalue weighted by Gasteiger charge is 2.21. The first kappa shape index (κ1) is 26.5. The van der Waals surface area contributed by atoms with Crippen LogP contribution in [0.1, 0.15) is 0 Å². The number of benzene rings is 6. The first-order valence-corrected chi connectivity index (χ1v) is 15.9. The SMILES string of the molecule is c1ccc(-c2ccc(-c3nc(-c4nccc5oc6c7ccccc7ccc6c45)nc(-n4c5ccccc5c5ccccc54)n3)cc2)cc1. The van der Waals surface area contributed by atoms with Crippen LogP contribution in [0.4, 0.5) is 0 Å². The third-order valence-electron chi connectivity index (χ3n) is 9.14. The molecule has 0 saturated heterocycles. The first-order chi connectivity index (χ1) is 23.8. The molecule has 0 unspecified atom stereocenters. The molecule has 0 radical (unpaired) electrons. The maximum absolute atomic E-state index is 6.50. The van der Waals surface area contributed by atoms with Crippen LogP contribution in [0.5, 0.6) is 0 Å². The van der Waals surface area contributed by atoms with Crippen LogP contribution in [0.15, 0.2) is 156 Å². The number of rotatable bonds is 4. The van der Waals surface area contributed by atoms with Gasteiger partial charge in [0.15, 0.2) is 11.6 Å². The van der Waals surface area contributed by atoms with E-state index in [-0.39, 0.29) is 0 Å². The molecule has 10 aromatic rings. The standard InChI is InChI=1S/C42H25N5O/c1-2-10-26(11-3-1)27-18-20-29(21-19-27)40-44-41(46-42(45-40)47-34-16-8-6-14-31(34)32-15-7-9-17-35(32)47)38-37-33-23-22-28-12-4-5-13-30(28)39(33)48-36(37)24-25-43-38/h1-25H. The number of aromatic nitrogens is 5. The van der Waals surface area contributed by atoms with Gasteiger partial charge in [0, 0.05) is 33.3 Å². The van der Waals surface area contributed by atoms with E-state index in [0.717, 1.165) is 71.2 Å². The van der Waals surface area contributed by atoms with Crippen molar-refractivity contribution in [2.24, 2.45) is 0 Å². The van der Waals surface area contributed by atoms with Crippen molar-refractivity contribution in [2.45, 2.75) is 0 Å². The third-order valence-corrected chi connectivity index (χ3v) is 9.14. The molecular weight excluding hydrogens is 590 g/mol. The van der Waals surface area contributed by atoms with Crippen LogP contribution in [-0.4, -0.2) is 24.5 Å². The molecule has 0 N–H and O–H groups in total. The van der Waals surface area contributed by atoms with E-state index in [9.17, 15) is 0 Å². The zero-order valence-corrected chi connectivity index (χ0v) is 25.6. The minimum Gasteiger partial charge on any atom is -0.455 e. The highest BCUT2D eigenvalue weighted by Crippen LogP contribution is 2.39. The second-order valence-electron chi connectivity index (χ2n) is 11.9. The van der Waals surface area contributed by atoms with Crippen LogP contribution in [-0.2, 0) is 0 Å². The van der Waals surface area contributed by atoms with Gasteiger partial charge in [-0.15, -0.1) is 0 Å². The molecule has 0 spiro atoms. The molecule has 4 aromatic heterocycles. The quantitative estimate of drug-likeness (QED) is 0.197. The van der Waals surface area contributed by atoms with Gasteiger partial charge in [0.25, 0.3) is 0 Å². The molecular formula is C42H25N5O. The summed E-state index contributed by atoms with van der Waals surface area (Å²) in [6.07, 6.45) is 1.76. The van der Waals surface area contributed by atoms with Gasteiger partial charge in [-0.3, -0.25) is 9.55 Å². The smallest absolute Gasteiger partial charge is 0.238 e. The van der Waals surface area contributed by atoms with Crippen LogP contribution >= 0.6 is 0 Å². The van der Waals surface area contributed by atoms with Gasteiger partial charge in [-0.1, -0.05) is 121 Å². The van der Waals surface area contributed by atoms with Crippen LogP contribution in [0.25, 0.3) is 94.5 Å². The fraction of sp³-hybridized carbons (Fsp3) is 0. The summed E-state index contributed by atoms with van der Waals surface area (Å²) in [5.74, 6) is 1.57. The number of para-hydroxylation sites is 2. The summed E-state index contributed by atoms with van der Waals surface area (Å²) in [5.41, 5.74) is 7.41. The summed E-state index contributed by atoms with van der Waals surface area (Å²) >= 11 is 0. The Kier molecular flexibility index (Phi) is 5.77. The van der Waals surface area contributed by atoms with Crippen LogP contribution in [0.3, 0.4) is 0 Å². The Morgan fingerprint density at radius 3 is 1.85 bits per heavy atom. The predicted molar refractivity (Wildman–Crippen MR) is 193 cm³/mol.